The quantitative estimate of drug-likeness (QED) is 0.814. The maximum absolute atomic E-state index is 12.3. The number of nitrogen functional groups attached to an aromatic ring is 1. The van der Waals surface area contributed by atoms with Crippen molar-refractivity contribution < 1.29 is 13.5 Å². The number of hydrogen-bond acceptors (Lipinski definition) is 4. The van der Waals surface area contributed by atoms with Gasteiger partial charge >= 0.3 is 0 Å². The molecule has 0 atom stereocenters. The lowest BCUT2D eigenvalue weighted by atomic mass is 10.1. The summed E-state index contributed by atoms with van der Waals surface area (Å²) in [5, 5.41) is 9.67. The summed E-state index contributed by atoms with van der Waals surface area (Å²) in [5.41, 5.74) is 4.95. The van der Waals surface area contributed by atoms with E-state index < -0.39 is 15.6 Å². The highest BCUT2D eigenvalue weighted by atomic mass is 79.9. The second-order valence-electron chi connectivity index (χ2n) is 4.76. The SMILES string of the molecule is CN(CC(C)(C)O)S(=O)(=O)c1ccc(N)cc1Br. The van der Waals surface area contributed by atoms with E-state index in [2.05, 4.69) is 15.9 Å². The molecule has 0 aliphatic carbocycles. The van der Waals surface area contributed by atoms with Crippen molar-refractivity contribution in [2.45, 2.75) is 24.3 Å². The molecule has 3 N–H and O–H groups in total. The Hall–Kier alpha value is -0.630. The molecule has 5 nitrogen and oxygen atoms in total. The van der Waals surface area contributed by atoms with Gasteiger partial charge in [0.25, 0.3) is 0 Å². The summed E-state index contributed by atoms with van der Waals surface area (Å²) in [7, 11) is -2.22. The van der Waals surface area contributed by atoms with Crippen LogP contribution in [0.2, 0.25) is 0 Å². The molecular weight excluding hydrogens is 320 g/mol. The second-order valence-corrected chi connectivity index (χ2v) is 7.63. The minimum atomic E-state index is -3.65. The highest BCUT2D eigenvalue weighted by Gasteiger charge is 2.27. The van der Waals surface area contributed by atoms with Crippen LogP contribution in [0, 0.1) is 0 Å². The zero-order chi connectivity index (χ0) is 14.1. The van der Waals surface area contributed by atoms with Gasteiger partial charge in [-0.05, 0) is 48.0 Å². The molecule has 0 saturated heterocycles. The largest absolute Gasteiger partial charge is 0.399 e. The van der Waals surface area contributed by atoms with Crippen LogP contribution in [0.5, 0.6) is 0 Å². The molecule has 1 aromatic carbocycles. The molecule has 0 aliphatic heterocycles. The summed E-state index contributed by atoms with van der Waals surface area (Å²) in [6.45, 7) is 3.11. The zero-order valence-corrected chi connectivity index (χ0v) is 12.9. The first-order valence-electron chi connectivity index (χ1n) is 5.28. The summed E-state index contributed by atoms with van der Waals surface area (Å²) in [6, 6.07) is 4.50. The van der Waals surface area contributed by atoms with Gasteiger partial charge in [-0.1, -0.05) is 0 Å². The molecule has 0 unspecified atom stereocenters. The molecule has 0 radical (unpaired) electrons. The number of rotatable bonds is 4. The van der Waals surface area contributed by atoms with Crippen LogP contribution in [-0.2, 0) is 10.0 Å². The number of aliphatic hydroxyl groups is 1. The van der Waals surface area contributed by atoms with E-state index in [1.807, 2.05) is 0 Å². The summed E-state index contributed by atoms with van der Waals surface area (Å²) in [4.78, 5) is 0.128. The van der Waals surface area contributed by atoms with Gasteiger partial charge in [0.2, 0.25) is 10.0 Å². The Morgan fingerprint density at radius 3 is 2.44 bits per heavy atom. The molecule has 0 saturated carbocycles. The fourth-order valence-electron chi connectivity index (χ4n) is 1.52. The third kappa shape index (κ3) is 3.68. The molecule has 0 amide bonds. The molecule has 18 heavy (non-hydrogen) atoms. The number of sulfonamides is 1. The predicted octanol–water partition coefficient (Wildman–Crippen LogP) is 1.42. The summed E-state index contributed by atoms with van der Waals surface area (Å²) in [6.07, 6.45) is 0. The van der Waals surface area contributed by atoms with E-state index in [0.29, 0.717) is 10.2 Å². The molecule has 0 bridgehead atoms. The first kappa shape index (κ1) is 15.4. The monoisotopic (exact) mass is 336 g/mol. The third-order valence-corrected chi connectivity index (χ3v) is 5.03. The molecule has 0 heterocycles. The molecule has 1 rings (SSSR count). The van der Waals surface area contributed by atoms with Crippen molar-refractivity contribution >= 4 is 31.6 Å². The Morgan fingerprint density at radius 1 is 1.44 bits per heavy atom. The van der Waals surface area contributed by atoms with Crippen LogP contribution in [-0.4, -0.2) is 37.0 Å². The van der Waals surface area contributed by atoms with Crippen molar-refractivity contribution in [1.29, 1.82) is 0 Å². The van der Waals surface area contributed by atoms with Crippen molar-refractivity contribution in [1.82, 2.24) is 4.31 Å². The Bertz CT molecular complexity index is 538. The summed E-state index contributed by atoms with van der Waals surface area (Å²) < 4.78 is 26.1. The van der Waals surface area contributed by atoms with Crippen LogP contribution in [0.1, 0.15) is 13.8 Å². The van der Waals surface area contributed by atoms with Gasteiger partial charge in [0.1, 0.15) is 0 Å². The zero-order valence-electron chi connectivity index (χ0n) is 10.5. The molecule has 102 valence electrons. The van der Waals surface area contributed by atoms with Gasteiger partial charge in [0.15, 0.2) is 0 Å². The second kappa shape index (κ2) is 5.16. The van der Waals surface area contributed by atoms with Crippen LogP contribution in [0.4, 0.5) is 5.69 Å². The number of nitrogens with two attached hydrogens (primary N) is 1. The van der Waals surface area contributed by atoms with Crippen LogP contribution < -0.4 is 5.73 Å². The van der Waals surface area contributed by atoms with E-state index in [0.717, 1.165) is 4.31 Å². The van der Waals surface area contributed by atoms with E-state index in [9.17, 15) is 13.5 Å². The fourth-order valence-corrected chi connectivity index (χ4v) is 3.90. The predicted molar refractivity (Wildman–Crippen MR) is 74.7 cm³/mol. The number of nitrogens with zero attached hydrogens (tertiary/aromatic N) is 1. The van der Waals surface area contributed by atoms with Crippen molar-refractivity contribution in [3.05, 3.63) is 22.7 Å². The van der Waals surface area contributed by atoms with Gasteiger partial charge in [-0.25, -0.2) is 8.42 Å². The highest BCUT2D eigenvalue weighted by molar-refractivity contribution is 9.10. The van der Waals surface area contributed by atoms with Crippen molar-refractivity contribution in [2.24, 2.45) is 0 Å². The fraction of sp³-hybridized carbons (Fsp3) is 0.455. The number of halogens is 1. The van der Waals surface area contributed by atoms with Gasteiger partial charge in [-0.3, -0.25) is 0 Å². The Labute approximate surface area is 116 Å². The van der Waals surface area contributed by atoms with E-state index in [1.165, 1.54) is 25.2 Å². The third-order valence-electron chi connectivity index (χ3n) is 2.25. The number of hydrogen-bond donors (Lipinski definition) is 2. The maximum atomic E-state index is 12.3. The average Bonchev–Trinajstić information content (AvgIpc) is 2.13. The molecule has 7 heteroatoms. The molecule has 0 spiro atoms. The summed E-state index contributed by atoms with van der Waals surface area (Å²) in [5.74, 6) is 0. The Morgan fingerprint density at radius 2 is 2.00 bits per heavy atom. The smallest absolute Gasteiger partial charge is 0.244 e. The van der Waals surface area contributed by atoms with E-state index >= 15 is 0 Å². The lowest BCUT2D eigenvalue weighted by Crippen LogP contribution is -2.39. The van der Waals surface area contributed by atoms with Crippen LogP contribution in [0.25, 0.3) is 0 Å². The highest BCUT2D eigenvalue weighted by Crippen LogP contribution is 2.27. The lowest BCUT2D eigenvalue weighted by Gasteiger charge is -2.25. The first-order valence-corrected chi connectivity index (χ1v) is 7.51. The van der Waals surface area contributed by atoms with Crippen LogP contribution >= 0.6 is 15.9 Å². The topological polar surface area (TPSA) is 83.6 Å². The number of likely N-dealkylation sites (N-methyl/N-ethyl adjacent to an activating group) is 1. The maximum Gasteiger partial charge on any atom is 0.244 e. The van der Waals surface area contributed by atoms with E-state index in [-0.39, 0.29) is 11.4 Å². The molecular formula is C11H17BrN2O3S. The van der Waals surface area contributed by atoms with E-state index in [4.69, 9.17) is 5.73 Å². The van der Waals surface area contributed by atoms with Gasteiger partial charge in [-0.15, -0.1) is 0 Å². The number of anilines is 1. The van der Waals surface area contributed by atoms with Crippen LogP contribution in [0.15, 0.2) is 27.6 Å². The standard InChI is InChI=1S/C11H17BrN2O3S/c1-11(2,15)7-14(3)18(16,17)10-5-4-8(13)6-9(10)12/h4-6,15H,7,13H2,1-3H3. The normalized spacial score (nSPS) is 13.0. The average molecular weight is 337 g/mol. The minimum absolute atomic E-state index is 0.00610. The Balaban J connectivity index is 3.14. The first-order chi connectivity index (χ1) is 8.04. The molecule has 0 fully saturated rings. The molecule has 0 aromatic heterocycles. The van der Waals surface area contributed by atoms with Gasteiger partial charge in [0, 0.05) is 23.8 Å². The van der Waals surface area contributed by atoms with Gasteiger partial charge < -0.3 is 10.8 Å². The van der Waals surface area contributed by atoms with Crippen molar-refractivity contribution in [3.63, 3.8) is 0 Å². The van der Waals surface area contributed by atoms with E-state index in [1.54, 1.807) is 13.8 Å². The van der Waals surface area contributed by atoms with Gasteiger partial charge in [-0.2, -0.15) is 4.31 Å². The minimum Gasteiger partial charge on any atom is -0.399 e. The van der Waals surface area contributed by atoms with Gasteiger partial charge in [0.05, 0.1) is 10.5 Å². The molecule has 0 aliphatic rings. The Kier molecular flexibility index (Phi) is 4.42. The van der Waals surface area contributed by atoms with Crippen molar-refractivity contribution in [2.75, 3.05) is 19.3 Å². The van der Waals surface area contributed by atoms with Crippen LogP contribution in [0.3, 0.4) is 0 Å². The summed E-state index contributed by atoms with van der Waals surface area (Å²) >= 11 is 3.18. The number of benzene rings is 1. The molecule has 1 aromatic rings. The van der Waals surface area contributed by atoms with Crippen molar-refractivity contribution in [3.8, 4) is 0 Å². The lowest BCUT2D eigenvalue weighted by molar-refractivity contribution is 0.0640.